The number of aromatic hydroxyl groups is 1. The first-order valence-electron chi connectivity index (χ1n) is 20.9. The molecule has 1 N–H and O–H groups in total. The summed E-state index contributed by atoms with van der Waals surface area (Å²) in [5, 5.41) is 13.1. The highest BCUT2D eigenvalue weighted by molar-refractivity contribution is 6.14. The molecule has 6 aromatic carbocycles. The number of hydrogen-bond donors (Lipinski definition) is 1. The predicted molar refractivity (Wildman–Crippen MR) is 240 cm³/mol. The SMILES string of the molecule is COc1ccc(/C=C/C(=O)c2c(O)c([C@@H]3O[C@H](COCc4ccccc4)[C@@H](OCc4ccccc4)[C@H](OCc4ccccc4)[C@H]3OCc3ccccc3)c3occc3c2OC)cc1. The number of allylic oxidation sites excluding steroid dienone is 1. The number of phenolic OH excluding ortho intramolecular Hbond substituents is 1. The Morgan fingerprint density at radius 1 is 0.619 bits per heavy atom. The Bertz CT molecular complexity index is 2540. The van der Waals surface area contributed by atoms with Crippen LogP contribution < -0.4 is 9.47 Å². The number of benzene rings is 6. The molecule has 0 spiro atoms. The average Bonchev–Trinajstić information content (AvgIpc) is 3.82. The van der Waals surface area contributed by atoms with Crippen LogP contribution in [-0.2, 0) is 50.1 Å². The molecule has 63 heavy (non-hydrogen) atoms. The summed E-state index contributed by atoms with van der Waals surface area (Å²) < 4.78 is 51.7. The van der Waals surface area contributed by atoms with Gasteiger partial charge in [-0.25, -0.2) is 0 Å². The van der Waals surface area contributed by atoms with Gasteiger partial charge in [0.25, 0.3) is 0 Å². The molecule has 0 unspecified atom stereocenters. The van der Waals surface area contributed by atoms with Gasteiger partial charge in [-0.1, -0.05) is 140 Å². The number of carbonyl (C=O) groups excluding carboxylic acids is 1. The first kappa shape index (κ1) is 43.1. The van der Waals surface area contributed by atoms with Gasteiger partial charge in [0.1, 0.15) is 58.9 Å². The largest absolute Gasteiger partial charge is 0.506 e. The van der Waals surface area contributed by atoms with E-state index in [1.807, 2.05) is 133 Å². The van der Waals surface area contributed by atoms with Crippen LogP contribution >= 0.6 is 0 Å². The van der Waals surface area contributed by atoms with E-state index in [2.05, 4.69) is 0 Å². The van der Waals surface area contributed by atoms with Gasteiger partial charge in [-0.2, -0.15) is 0 Å². The molecule has 5 atom stereocenters. The van der Waals surface area contributed by atoms with Crippen LogP contribution in [0, 0.1) is 0 Å². The summed E-state index contributed by atoms with van der Waals surface area (Å²) in [6.07, 6.45) is 0.268. The van der Waals surface area contributed by atoms with Crippen molar-refractivity contribution in [1.29, 1.82) is 0 Å². The van der Waals surface area contributed by atoms with E-state index in [4.69, 9.17) is 37.6 Å². The molecule has 10 nitrogen and oxygen atoms in total. The van der Waals surface area contributed by atoms with Crippen molar-refractivity contribution in [3.05, 3.63) is 203 Å². The van der Waals surface area contributed by atoms with E-state index in [1.165, 1.54) is 19.4 Å². The second-order valence-corrected chi connectivity index (χ2v) is 15.2. The minimum absolute atomic E-state index is 0.0577. The maximum Gasteiger partial charge on any atom is 0.193 e. The summed E-state index contributed by atoms with van der Waals surface area (Å²) in [6, 6.07) is 48.4. The van der Waals surface area contributed by atoms with Crippen LogP contribution in [-0.4, -0.2) is 56.1 Å². The molecule has 2 heterocycles. The molecule has 322 valence electrons. The molecule has 1 saturated heterocycles. The number of methoxy groups -OCH3 is 2. The lowest BCUT2D eigenvalue weighted by Crippen LogP contribution is -2.58. The summed E-state index contributed by atoms with van der Waals surface area (Å²) in [7, 11) is 3.05. The van der Waals surface area contributed by atoms with Gasteiger partial charge in [0.05, 0.1) is 64.5 Å². The lowest BCUT2D eigenvalue weighted by Gasteiger charge is -2.46. The number of carbonyl (C=O) groups is 1. The third-order valence-corrected chi connectivity index (χ3v) is 11.0. The van der Waals surface area contributed by atoms with Crippen LogP contribution in [0.25, 0.3) is 17.0 Å². The Kier molecular flexibility index (Phi) is 14.4. The lowest BCUT2D eigenvalue weighted by molar-refractivity contribution is -0.275. The Hall–Kier alpha value is -6.53. The van der Waals surface area contributed by atoms with Crippen LogP contribution in [0.4, 0.5) is 0 Å². The highest BCUT2D eigenvalue weighted by atomic mass is 16.6. The summed E-state index contributed by atoms with van der Waals surface area (Å²) >= 11 is 0. The van der Waals surface area contributed by atoms with Crippen molar-refractivity contribution in [2.24, 2.45) is 0 Å². The summed E-state index contributed by atoms with van der Waals surface area (Å²) in [5.74, 6) is -0.0188. The first-order chi connectivity index (χ1) is 31.0. The Balaban J connectivity index is 1.25. The zero-order chi connectivity index (χ0) is 43.4. The molecule has 1 aliphatic rings. The maximum atomic E-state index is 14.4. The van der Waals surface area contributed by atoms with Crippen molar-refractivity contribution < 1.29 is 47.5 Å². The molecule has 8 rings (SSSR count). The van der Waals surface area contributed by atoms with Gasteiger partial charge in [-0.05, 0) is 52.1 Å². The van der Waals surface area contributed by atoms with Crippen LogP contribution in [0.3, 0.4) is 0 Å². The van der Waals surface area contributed by atoms with Crippen molar-refractivity contribution in [2.75, 3.05) is 20.8 Å². The fourth-order valence-electron chi connectivity index (χ4n) is 7.88. The van der Waals surface area contributed by atoms with Gasteiger partial charge in [0.2, 0.25) is 0 Å². The van der Waals surface area contributed by atoms with Crippen LogP contribution in [0.5, 0.6) is 17.2 Å². The minimum atomic E-state index is -1.08. The van der Waals surface area contributed by atoms with Gasteiger partial charge in [-0.3, -0.25) is 4.79 Å². The third-order valence-electron chi connectivity index (χ3n) is 11.0. The van der Waals surface area contributed by atoms with E-state index >= 15 is 0 Å². The van der Waals surface area contributed by atoms with E-state index in [1.54, 1.807) is 31.4 Å². The van der Waals surface area contributed by atoms with Gasteiger partial charge < -0.3 is 42.7 Å². The molecule has 0 radical (unpaired) electrons. The zero-order valence-corrected chi connectivity index (χ0v) is 35.2. The molecule has 1 fully saturated rings. The number of furan rings is 1. The normalized spacial score (nSPS) is 18.7. The standard InChI is InChI=1S/C53H50O10/c1-56-41-26-23-36(24-27-41)25-28-43(54)45-47(55)46(49-42(29-30-59-49)48(45)57-2)51-53(62-34-40-21-13-6-14-22-40)52(61-33-39-19-11-5-12-20-39)50(60-32-38-17-9-4-10-18-38)44(63-51)35-58-31-37-15-7-3-8-16-37/h3-30,44,50-53,55H,31-35H2,1-2H3/b28-25+/t44-,50-,51+,52+,53+/m1/s1. The summed E-state index contributed by atoms with van der Waals surface area (Å²) in [4.78, 5) is 14.4. The number of hydrogen-bond acceptors (Lipinski definition) is 10. The van der Waals surface area contributed by atoms with Gasteiger partial charge in [0, 0.05) is 0 Å². The average molecular weight is 847 g/mol. The van der Waals surface area contributed by atoms with Gasteiger partial charge >= 0.3 is 0 Å². The topological polar surface area (TPSA) is 115 Å². The summed E-state index contributed by atoms with van der Waals surface area (Å²) in [5.41, 5.74) is 4.98. The van der Waals surface area contributed by atoms with E-state index in [-0.39, 0.29) is 54.6 Å². The highest BCUT2D eigenvalue weighted by Crippen LogP contribution is 2.49. The molecule has 10 heteroatoms. The Labute approximate surface area is 367 Å². The predicted octanol–water partition coefficient (Wildman–Crippen LogP) is 10.5. The van der Waals surface area contributed by atoms with Gasteiger partial charge in [-0.15, -0.1) is 0 Å². The van der Waals surface area contributed by atoms with Crippen molar-refractivity contribution in [1.82, 2.24) is 0 Å². The Morgan fingerprint density at radius 3 is 1.68 bits per heavy atom. The van der Waals surface area contributed by atoms with Crippen molar-refractivity contribution in [3.8, 4) is 17.2 Å². The fraction of sp³-hybridized carbons (Fsp3) is 0.226. The number of ether oxygens (including phenoxy) is 7. The molecule has 0 aliphatic carbocycles. The number of rotatable bonds is 19. The quantitative estimate of drug-likeness (QED) is 0.0623. The maximum absolute atomic E-state index is 14.4. The monoisotopic (exact) mass is 846 g/mol. The van der Waals surface area contributed by atoms with Crippen LogP contribution in [0.15, 0.2) is 168 Å². The second-order valence-electron chi connectivity index (χ2n) is 15.2. The number of fused-ring (bicyclic) bond motifs is 1. The zero-order valence-electron chi connectivity index (χ0n) is 35.2. The van der Waals surface area contributed by atoms with E-state index in [0.29, 0.717) is 17.7 Å². The third kappa shape index (κ3) is 10.4. The van der Waals surface area contributed by atoms with Gasteiger partial charge in [0.15, 0.2) is 5.78 Å². The molecule has 0 bridgehead atoms. The fourth-order valence-corrected chi connectivity index (χ4v) is 7.88. The molecular weight excluding hydrogens is 797 g/mol. The van der Waals surface area contributed by atoms with Crippen LogP contribution in [0.2, 0.25) is 0 Å². The van der Waals surface area contributed by atoms with Crippen LogP contribution in [0.1, 0.15) is 49.8 Å². The molecule has 0 saturated carbocycles. The van der Waals surface area contributed by atoms with E-state index in [0.717, 1.165) is 27.8 Å². The number of phenols is 1. The minimum Gasteiger partial charge on any atom is -0.506 e. The molecule has 1 aromatic heterocycles. The Morgan fingerprint density at radius 2 is 1.14 bits per heavy atom. The van der Waals surface area contributed by atoms with Crippen molar-refractivity contribution in [2.45, 2.75) is 56.9 Å². The molecule has 0 amide bonds. The molecule has 7 aromatic rings. The van der Waals surface area contributed by atoms with E-state index in [9.17, 15) is 9.90 Å². The number of ketones is 1. The lowest BCUT2D eigenvalue weighted by atomic mass is 9.87. The highest BCUT2D eigenvalue weighted by Gasteiger charge is 2.51. The molecule has 1 aliphatic heterocycles. The summed E-state index contributed by atoms with van der Waals surface area (Å²) in [6.45, 7) is 1.05. The van der Waals surface area contributed by atoms with E-state index < -0.39 is 36.3 Å². The first-order valence-corrected chi connectivity index (χ1v) is 20.9. The van der Waals surface area contributed by atoms with Crippen molar-refractivity contribution >= 4 is 22.8 Å². The smallest absolute Gasteiger partial charge is 0.193 e. The molecular formula is C53H50O10. The second kappa shape index (κ2) is 21.0. The van der Waals surface area contributed by atoms with Crippen molar-refractivity contribution in [3.63, 3.8) is 0 Å².